The van der Waals surface area contributed by atoms with E-state index in [9.17, 15) is 4.79 Å². The zero-order valence-electron chi connectivity index (χ0n) is 13.9. The Morgan fingerprint density at radius 1 is 1.24 bits per heavy atom. The monoisotopic (exact) mass is 297 g/mol. The van der Waals surface area contributed by atoms with Gasteiger partial charge in [0.2, 0.25) is 11.8 Å². The van der Waals surface area contributed by atoms with E-state index in [4.69, 9.17) is 4.42 Å². The number of hydrogen-bond donors (Lipinski definition) is 1. The number of rotatable bonds is 7. The fourth-order valence-electron chi connectivity index (χ4n) is 1.76. The predicted molar refractivity (Wildman–Crippen MR) is 82.1 cm³/mol. The van der Waals surface area contributed by atoms with Crippen molar-refractivity contribution < 1.29 is 9.21 Å². The second-order valence-electron chi connectivity index (χ2n) is 6.00. The van der Waals surface area contributed by atoms with Gasteiger partial charge in [0, 0.05) is 25.7 Å². The molecule has 0 aromatic carbocycles. The Hall–Kier alpha value is -1.63. The van der Waals surface area contributed by atoms with Crippen LogP contribution in [0.2, 0.25) is 0 Å². The lowest BCUT2D eigenvalue weighted by Gasteiger charge is -2.21. The van der Waals surface area contributed by atoms with E-state index in [0.717, 1.165) is 0 Å². The highest BCUT2D eigenvalue weighted by molar-refractivity contribution is 5.80. The molecule has 1 heterocycles. The summed E-state index contributed by atoms with van der Waals surface area (Å²) in [5, 5.41) is 11.2. The molecule has 1 rings (SSSR count). The number of likely N-dealkylation sites (N-methyl/N-ethyl adjacent to an activating group) is 2. The van der Waals surface area contributed by atoms with E-state index in [2.05, 4.69) is 36.3 Å². The topological polar surface area (TPSA) is 74.5 Å². The molecule has 0 aliphatic carbocycles. The molecule has 1 N–H and O–H groups in total. The average molecular weight is 297 g/mol. The minimum Gasteiger partial charge on any atom is -0.407 e. The molecule has 0 bridgehead atoms. The number of nitrogens with one attached hydrogen (secondary N) is 1. The van der Waals surface area contributed by atoms with Crippen LogP contribution in [0.15, 0.2) is 4.42 Å². The summed E-state index contributed by atoms with van der Waals surface area (Å²) >= 11 is 0. The van der Waals surface area contributed by atoms with Gasteiger partial charge in [-0.25, -0.2) is 0 Å². The van der Waals surface area contributed by atoms with Crippen LogP contribution in [0.25, 0.3) is 0 Å². The Labute approximate surface area is 126 Å². The van der Waals surface area contributed by atoms with E-state index in [-0.39, 0.29) is 18.0 Å². The molecule has 0 saturated heterocycles. The van der Waals surface area contributed by atoms with Crippen LogP contribution in [0.4, 0.5) is 6.01 Å². The lowest BCUT2D eigenvalue weighted by atomic mass is 10.1. The molecule has 1 aromatic heterocycles. The molecule has 0 saturated carbocycles. The van der Waals surface area contributed by atoms with Crippen molar-refractivity contribution in [2.45, 2.75) is 46.7 Å². The third-order valence-electron chi connectivity index (χ3n) is 3.04. The molecule has 1 amide bonds. The summed E-state index contributed by atoms with van der Waals surface area (Å²) in [5.74, 6) is 0.567. The van der Waals surface area contributed by atoms with Gasteiger partial charge in [-0.2, -0.15) is 0 Å². The first-order valence-electron chi connectivity index (χ1n) is 7.33. The smallest absolute Gasteiger partial charge is 0.318 e. The molecule has 0 aliphatic heterocycles. The molecule has 0 aliphatic rings. The molecule has 0 spiro atoms. The number of carbonyl (C=O) groups is 1. The number of hydrogen-bond acceptors (Lipinski definition) is 6. The summed E-state index contributed by atoms with van der Waals surface area (Å²) < 4.78 is 5.56. The van der Waals surface area contributed by atoms with Gasteiger partial charge in [-0.3, -0.25) is 4.79 Å². The average Bonchev–Trinajstić information content (AvgIpc) is 2.86. The fraction of sp³-hybridized carbons (Fsp3) is 0.786. The van der Waals surface area contributed by atoms with Crippen molar-refractivity contribution in [3.8, 4) is 0 Å². The van der Waals surface area contributed by atoms with Crippen LogP contribution in [0.1, 0.15) is 40.5 Å². The van der Waals surface area contributed by atoms with Gasteiger partial charge in [-0.1, -0.05) is 5.10 Å². The van der Waals surface area contributed by atoms with E-state index in [1.807, 2.05) is 13.8 Å². The van der Waals surface area contributed by atoms with Crippen LogP contribution >= 0.6 is 0 Å². The standard InChI is InChI=1S/C14H27N5O2/c1-7-19(8-2)12(20)10-18(6)13-17-16-11(21-13)9-15-14(3,4)5/h15H,7-10H2,1-6H3. The molecule has 0 radical (unpaired) electrons. The predicted octanol–water partition coefficient (Wildman–Crippen LogP) is 1.26. The first-order valence-corrected chi connectivity index (χ1v) is 7.33. The van der Waals surface area contributed by atoms with Gasteiger partial charge in [-0.05, 0) is 34.6 Å². The highest BCUT2D eigenvalue weighted by atomic mass is 16.4. The minimum absolute atomic E-state index is 0.0146. The number of anilines is 1. The van der Waals surface area contributed by atoms with Crippen LogP contribution in [-0.2, 0) is 11.3 Å². The number of carbonyl (C=O) groups excluding carboxylic acids is 1. The largest absolute Gasteiger partial charge is 0.407 e. The van der Waals surface area contributed by atoms with Crippen molar-refractivity contribution in [1.82, 2.24) is 20.4 Å². The van der Waals surface area contributed by atoms with E-state index in [1.165, 1.54) is 0 Å². The Kier molecular flexibility index (Phi) is 6.14. The summed E-state index contributed by atoms with van der Waals surface area (Å²) in [5.41, 5.74) is -0.0146. The first kappa shape index (κ1) is 17.4. The Balaban J connectivity index is 2.57. The summed E-state index contributed by atoms with van der Waals surface area (Å²) in [6.45, 7) is 12.3. The molecular formula is C14H27N5O2. The molecule has 1 aromatic rings. The van der Waals surface area contributed by atoms with Crippen LogP contribution < -0.4 is 10.2 Å². The summed E-state index contributed by atoms with van der Waals surface area (Å²) in [6, 6.07) is 0.362. The fourth-order valence-corrected chi connectivity index (χ4v) is 1.76. The first-order chi connectivity index (χ1) is 9.76. The van der Waals surface area contributed by atoms with Crippen LogP contribution in [-0.4, -0.2) is 53.2 Å². The highest BCUT2D eigenvalue weighted by Gasteiger charge is 2.18. The van der Waals surface area contributed by atoms with Gasteiger partial charge >= 0.3 is 6.01 Å². The maximum atomic E-state index is 12.0. The second kappa shape index (κ2) is 7.40. The number of aromatic nitrogens is 2. The van der Waals surface area contributed by atoms with Crippen molar-refractivity contribution >= 4 is 11.9 Å². The van der Waals surface area contributed by atoms with Gasteiger partial charge in [0.25, 0.3) is 0 Å². The minimum atomic E-state index is -0.0146. The van der Waals surface area contributed by atoms with Crippen molar-refractivity contribution in [3.05, 3.63) is 5.89 Å². The Morgan fingerprint density at radius 3 is 2.38 bits per heavy atom. The van der Waals surface area contributed by atoms with Crippen molar-refractivity contribution in [2.24, 2.45) is 0 Å². The van der Waals surface area contributed by atoms with Gasteiger partial charge < -0.3 is 19.5 Å². The molecule has 7 nitrogen and oxygen atoms in total. The molecule has 0 fully saturated rings. The van der Waals surface area contributed by atoms with Gasteiger partial charge in [-0.15, -0.1) is 5.10 Å². The molecule has 0 atom stereocenters. The highest BCUT2D eigenvalue weighted by Crippen LogP contribution is 2.11. The van der Waals surface area contributed by atoms with Crippen LogP contribution in [0.5, 0.6) is 0 Å². The normalized spacial score (nSPS) is 11.5. The maximum absolute atomic E-state index is 12.0. The summed E-state index contributed by atoms with van der Waals surface area (Å²) in [7, 11) is 1.77. The van der Waals surface area contributed by atoms with Gasteiger partial charge in [0.05, 0.1) is 6.54 Å². The molecule has 120 valence electrons. The van der Waals surface area contributed by atoms with Crippen molar-refractivity contribution in [2.75, 3.05) is 31.6 Å². The third-order valence-corrected chi connectivity index (χ3v) is 3.04. The van der Waals surface area contributed by atoms with Crippen molar-refractivity contribution in [3.63, 3.8) is 0 Å². The number of nitrogens with zero attached hydrogens (tertiary/aromatic N) is 4. The Morgan fingerprint density at radius 2 is 1.86 bits per heavy atom. The van der Waals surface area contributed by atoms with E-state index in [1.54, 1.807) is 16.8 Å². The van der Waals surface area contributed by atoms with E-state index < -0.39 is 0 Å². The lowest BCUT2D eigenvalue weighted by Crippen LogP contribution is -2.38. The van der Waals surface area contributed by atoms with Crippen LogP contribution in [0.3, 0.4) is 0 Å². The van der Waals surface area contributed by atoms with Crippen molar-refractivity contribution in [1.29, 1.82) is 0 Å². The quantitative estimate of drug-likeness (QED) is 0.817. The molecular weight excluding hydrogens is 270 g/mol. The molecule has 7 heteroatoms. The molecule has 21 heavy (non-hydrogen) atoms. The van der Waals surface area contributed by atoms with E-state index >= 15 is 0 Å². The number of amides is 1. The Bertz CT molecular complexity index is 448. The third kappa shape index (κ3) is 5.71. The van der Waals surface area contributed by atoms with Gasteiger partial charge in [0.1, 0.15) is 6.54 Å². The SMILES string of the molecule is CCN(CC)C(=O)CN(C)c1nnc(CNC(C)(C)C)o1. The summed E-state index contributed by atoms with van der Waals surface area (Å²) in [4.78, 5) is 15.5. The second-order valence-corrected chi connectivity index (χ2v) is 6.00. The zero-order chi connectivity index (χ0) is 16.0. The van der Waals surface area contributed by atoms with Gasteiger partial charge in [0.15, 0.2) is 0 Å². The zero-order valence-corrected chi connectivity index (χ0v) is 13.9. The van der Waals surface area contributed by atoms with E-state index in [0.29, 0.717) is 31.5 Å². The van der Waals surface area contributed by atoms with Crippen LogP contribution in [0, 0.1) is 0 Å². The maximum Gasteiger partial charge on any atom is 0.318 e. The summed E-state index contributed by atoms with van der Waals surface area (Å²) in [6.07, 6.45) is 0. The molecule has 0 unspecified atom stereocenters. The lowest BCUT2D eigenvalue weighted by molar-refractivity contribution is -0.129.